The van der Waals surface area contributed by atoms with E-state index < -0.39 is 23.6 Å². The van der Waals surface area contributed by atoms with E-state index in [0.717, 1.165) is 12.1 Å². The van der Waals surface area contributed by atoms with Gasteiger partial charge >= 0.3 is 18.1 Å². The summed E-state index contributed by atoms with van der Waals surface area (Å²) in [5, 5.41) is 4.75. The molecule has 1 aromatic carbocycles. The molecule has 0 aliphatic heterocycles. The number of carbonyl (C=O) groups is 2. The summed E-state index contributed by atoms with van der Waals surface area (Å²) in [6.45, 7) is 1.92. The molecule has 0 aliphatic carbocycles. The van der Waals surface area contributed by atoms with Crippen LogP contribution in [0.4, 0.5) is 13.2 Å². The summed E-state index contributed by atoms with van der Waals surface area (Å²) < 4.78 is 42.2. The zero-order chi connectivity index (χ0) is 18.4. The summed E-state index contributed by atoms with van der Waals surface area (Å²) in [4.78, 5) is 26.8. The Labute approximate surface area is 145 Å². The first kappa shape index (κ1) is 18.9. The molecule has 134 valence electrons. The predicted octanol–water partition coefficient (Wildman–Crippen LogP) is 3.05. The number of carbonyl (C=O) groups excluding carboxylic acids is 2. The molecular weight excluding hydrogens is 357 g/mol. The smallest absolute Gasteiger partial charge is 0.416 e. The third kappa shape index (κ3) is 5.28. The molecule has 1 aromatic heterocycles. The minimum absolute atomic E-state index is 0.120. The highest BCUT2D eigenvalue weighted by atomic mass is 32.1. The lowest BCUT2D eigenvalue weighted by molar-refractivity contribution is -0.154. The maximum absolute atomic E-state index is 12.6. The van der Waals surface area contributed by atoms with Crippen LogP contribution in [0.25, 0.3) is 10.6 Å². The maximum atomic E-state index is 12.6. The maximum Gasteiger partial charge on any atom is 0.416 e. The van der Waals surface area contributed by atoms with Crippen LogP contribution in [0.2, 0.25) is 0 Å². The largest absolute Gasteiger partial charge is 0.459 e. The zero-order valence-corrected chi connectivity index (χ0v) is 14.0. The minimum atomic E-state index is -4.37. The van der Waals surface area contributed by atoms with E-state index in [9.17, 15) is 22.8 Å². The van der Waals surface area contributed by atoms with Gasteiger partial charge in [0.1, 0.15) is 5.01 Å². The first-order valence-electron chi connectivity index (χ1n) is 7.38. The highest BCUT2D eigenvalue weighted by Gasteiger charge is 2.30. The molecule has 1 amide bonds. The monoisotopic (exact) mass is 372 g/mol. The third-order valence-corrected chi connectivity index (χ3v) is 4.08. The predicted molar refractivity (Wildman–Crippen MR) is 85.9 cm³/mol. The lowest BCUT2D eigenvalue weighted by Gasteiger charge is -2.06. The van der Waals surface area contributed by atoms with Crippen molar-refractivity contribution in [2.24, 2.45) is 0 Å². The van der Waals surface area contributed by atoms with E-state index in [-0.39, 0.29) is 13.2 Å². The topological polar surface area (TPSA) is 68.3 Å². The number of halogens is 3. The summed E-state index contributed by atoms with van der Waals surface area (Å²) >= 11 is 1.29. The van der Waals surface area contributed by atoms with E-state index in [4.69, 9.17) is 0 Å². The van der Waals surface area contributed by atoms with E-state index in [1.807, 2.05) is 0 Å². The molecule has 0 spiro atoms. The van der Waals surface area contributed by atoms with Gasteiger partial charge in [0.2, 0.25) is 0 Å². The number of thiazole rings is 1. The Morgan fingerprint density at radius 1 is 1.24 bits per heavy atom. The fourth-order valence-corrected chi connectivity index (χ4v) is 2.79. The molecule has 0 aliphatic rings. The number of alkyl halides is 3. The molecule has 0 saturated heterocycles. The Bertz CT molecular complexity index is 742. The lowest BCUT2D eigenvalue weighted by Crippen LogP contribution is -2.33. The highest BCUT2D eigenvalue weighted by Crippen LogP contribution is 2.31. The number of nitrogens with one attached hydrogen (secondary N) is 1. The van der Waals surface area contributed by atoms with Crippen LogP contribution < -0.4 is 5.32 Å². The van der Waals surface area contributed by atoms with Crippen LogP contribution in [0.5, 0.6) is 0 Å². The molecule has 0 bridgehead atoms. The van der Waals surface area contributed by atoms with Crippen LogP contribution in [0.15, 0.2) is 29.6 Å². The van der Waals surface area contributed by atoms with Crippen LogP contribution >= 0.6 is 11.3 Å². The van der Waals surface area contributed by atoms with Crippen molar-refractivity contribution in [2.75, 3.05) is 13.2 Å². The number of rotatable bonds is 5. The molecule has 0 fully saturated rings. The van der Waals surface area contributed by atoms with Gasteiger partial charge in [0.25, 0.3) is 0 Å². The van der Waals surface area contributed by atoms with E-state index in [2.05, 4.69) is 15.0 Å². The second-order valence-electron chi connectivity index (χ2n) is 4.95. The van der Waals surface area contributed by atoms with E-state index in [1.165, 1.54) is 23.5 Å². The van der Waals surface area contributed by atoms with E-state index in [1.54, 1.807) is 12.3 Å². The van der Waals surface area contributed by atoms with Crippen LogP contribution in [0.1, 0.15) is 18.2 Å². The highest BCUT2D eigenvalue weighted by molar-refractivity contribution is 7.13. The van der Waals surface area contributed by atoms with Gasteiger partial charge in [-0.2, -0.15) is 13.2 Å². The zero-order valence-electron chi connectivity index (χ0n) is 13.2. The Hall–Kier alpha value is -2.42. The number of aromatic nitrogens is 1. The molecule has 0 atom stereocenters. The van der Waals surface area contributed by atoms with Gasteiger partial charge in [0, 0.05) is 23.9 Å². The summed E-state index contributed by atoms with van der Waals surface area (Å²) in [6, 6.07) is 4.76. The van der Waals surface area contributed by atoms with Crippen molar-refractivity contribution in [3.05, 3.63) is 40.9 Å². The van der Waals surface area contributed by atoms with Gasteiger partial charge in [0.05, 0.1) is 17.9 Å². The Morgan fingerprint density at radius 2 is 1.92 bits per heavy atom. The van der Waals surface area contributed by atoms with Gasteiger partial charge in [0.15, 0.2) is 0 Å². The van der Waals surface area contributed by atoms with Crippen molar-refractivity contribution in [2.45, 2.75) is 19.5 Å². The second kappa shape index (κ2) is 8.11. The molecule has 5 nitrogen and oxygen atoms in total. The van der Waals surface area contributed by atoms with Gasteiger partial charge in [-0.3, -0.25) is 4.79 Å². The number of esters is 1. The van der Waals surface area contributed by atoms with Crippen LogP contribution in [-0.2, 0) is 26.9 Å². The fraction of sp³-hybridized carbons (Fsp3) is 0.312. The van der Waals surface area contributed by atoms with E-state index >= 15 is 0 Å². The molecule has 0 radical (unpaired) electrons. The van der Waals surface area contributed by atoms with Gasteiger partial charge in [-0.05, 0) is 19.1 Å². The molecule has 2 aromatic rings. The molecule has 1 heterocycles. The summed E-state index contributed by atoms with van der Waals surface area (Å²) in [5.74, 6) is -1.76. The van der Waals surface area contributed by atoms with Gasteiger partial charge in [-0.15, -0.1) is 11.3 Å². The van der Waals surface area contributed by atoms with Crippen molar-refractivity contribution in [3.63, 3.8) is 0 Å². The number of hydrogen-bond donors (Lipinski definition) is 1. The first-order valence-corrected chi connectivity index (χ1v) is 8.26. The normalized spacial score (nSPS) is 11.2. The average Bonchev–Trinajstić information content (AvgIpc) is 3.03. The minimum Gasteiger partial charge on any atom is -0.459 e. The third-order valence-electron chi connectivity index (χ3n) is 3.14. The number of ether oxygens (including phenoxy) is 1. The summed E-state index contributed by atoms with van der Waals surface area (Å²) in [7, 11) is 0. The number of benzene rings is 1. The number of nitrogens with zero attached hydrogens (tertiary/aromatic N) is 1. The van der Waals surface area contributed by atoms with Crippen LogP contribution in [-0.4, -0.2) is 30.0 Å². The lowest BCUT2D eigenvalue weighted by atomic mass is 10.1. The Balaban J connectivity index is 1.92. The van der Waals surface area contributed by atoms with Crippen molar-refractivity contribution in [3.8, 4) is 10.6 Å². The second-order valence-corrected chi connectivity index (χ2v) is 5.80. The number of hydrogen-bond acceptors (Lipinski definition) is 5. The van der Waals surface area contributed by atoms with Crippen molar-refractivity contribution in [1.82, 2.24) is 10.3 Å². The molecular formula is C16H15F3N2O3S. The van der Waals surface area contributed by atoms with Crippen molar-refractivity contribution in [1.29, 1.82) is 0 Å². The molecule has 0 unspecified atom stereocenters. The van der Waals surface area contributed by atoms with Gasteiger partial charge < -0.3 is 10.1 Å². The summed E-state index contributed by atoms with van der Waals surface area (Å²) in [5.41, 5.74) is 0.540. The molecule has 9 heteroatoms. The number of amides is 1. The van der Waals surface area contributed by atoms with Crippen LogP contribution in [0, 0.1) is 0 Å². The summed E-state index contributed by atoms with van der Waals surface area (Å²) in [6.07, 6.45) is -3.98. The van der Waals surface area contributed by atoms with Gasteiger partial charge in [-0.1, -0.05) is 12.1 Å². The molecule has 0 saturated carbocycles. The first-order chi connectivity index (χ1) is 11.8. The molecule has 2 rings (SSSR count). The average molecular weight is 372 g/mol. The Kier molecular flexibility index (Phi) is 6.13. The molecule has 25 heavy (non-hydrogen) atoms. The Morgan fingerprint density at radius 3 is 2.52 bits per heavy atom. The van der Waals surface area contributed by atoms with Crippen molar-refractivity contribution < 1.29 is 27.5 Å². The SMILES string of the molecule is CCOC(=O)C(=O)NCCc1csc(-c2ccc(C(F)(F)F)cc2)n1. The fourth-order valence-electron chi connectivity index (χ4n) is 1.93. The quantitative estimate of drug-likeness (QED) is 0.647. The molecule has 1 N–H and O–H groups in total. The standard InChI is InChI=1S/C16H15F3N2O3S/c1-2-24-15(23)13(22)20-8-7-12-9-25-14(21-12)10-3-5-11(6-4-10)16(17,18)19/h3-6,9H,2,7-8H2,1H3,(H,20,22). The van der Waals surface area contributed by atoms with Gasteiger partial charge in [-0.25, -0.2) is 9.78 Å². The van der Waals surface area contributed by atoms with Crippen LogP contribution in [0.3, 0.4) is 0 Å². The van der Waals surface area contributed by atoms with Crippen molar-refractivity contribution >= 4 is 23.2 Å². The van der Waals surface area contributed by atoms with E-state index in [0.29, 0.717) is 22.7 Å².